The van der Waals surface area contributed by atoms with Gasteiger partial charge in [0.1, 0.15) is 11.9 Å². The summed E-state index contributed by atoms with van der Waals surface area (Å²) in [4.78, 5) is 44.0. The second-order valence-electron chi connectivity index (χ2n) is 8.60. The monoisotopic (exact) mass is 452 g/mol. The molecule has 0 radical (unpaired) electrons. The van der Waals surface area contributed by atoms with Crippen molar-refractivity contribution in [2.24, 2.45) is 11.8 Å². The average Bonchev–Trinajstić information content (AvgIpc) is 3.26. The number of carbonyl (C=O) groups is 3. The molecule has 164 valence electrons. The molecule has 3 heterocycles. The first-order valence-electron chi connectivity index (χ1n) is 10.8. The molecule has 7 heteroatoms. The van der Waals surface area contributed by atoms with E-state index in [-0.39, 0.29) is 23.6 Å². The van der Waals surface area contributed by atoms with Crippen molar-refractivity contribution in [3.05, 3.63) is 70.5 Å². The third kappa shape index (κ3) is 2.85. The van der Waals surface area contributed by atoms with E-state index in [4.69, 9.17) is 11.6 Å². The van der Waals surface area contributed by atoms with E-state index in [1.165, 1.54) is 17.0 Å². The Bertz CT molecular complexity index is 1180. The molecule has 0 N–H and O–H groups in total. The zero-order chi connectivity index (χ0) is 22.7. The van der Waals surface area contributed by atoms with E-state index >= 15 is 0 Å². The number of halogens is 2. The lowest BCUT2D eigenvalue weighted by Crippen LogP contribution is -2.50. The first kappa shape index (κ1) is 20.9. The number of benzene rings is 2. The lowest BCUT2D eigenvalue weighted by molar-refractivity contribution is -0.142. The van der Waals surface area contributed by atoms with Gasteiger partial charge in [-0.3, -0.25) is 19.3 Å². The van der Waals surface area contributed by atoms with Crippen molar-refractivity contribution in [3.8, 4) is 0 Å². The summed E-state index contributed by atoms with van der Waals surface area (Å²) in [5.74, 6) is -2.80. The van der Waals surface area contributed by atoms with Crippen molar-refractivity contribution in [1.29, 1.82) is 0 Å². The molecule has 32 heavy (non-hydrogen) atoms. The molecule has 5 nitrogen and oxygen atoms in total. The van der Waals surface area contributed by atoms with Gasteiger partial charge in [0.15, 0.2) is 5.78 Å². The van der Waals surface area contributed by atoms with Crippen LogP contribution in [0.25, 0.3) is 6.08 Å². The highest BCUT2D eigenvalue weighted by atomic mass is 35.5. The van der Waals surface area contributed by atoms with Crippen LogP contribution >= 0.6 is 11.6 Å². The molecule has 2 saturated heterocycles. The van der Waals surface area contributed by atoms with Crippen molar-refractivity contribution in [1.82, 2.24) is 4.90 Å². The molecule has 0 bridgehead atoms. The van der Waals surface area contributed by atoms with Gasteiger partial charge >= 0.3 is 0 Å². The number of ketones is 1. The van der Waals surface area contributed by atoms with E-state index in [2.05, 4.69) is 0 Å². The number of fused-ring (bicyclic) bond motifs is 5. The van der Waals surface area contributed by atoms with Crippen LogP contribution < -0.4 is 4.90 Å². The number of nitrogens with zero attached hydrogens (tertiary/aromatic N) is 2. The maximum absolute atomic E-state index is 13.9. The highest BCUT2D eigenvalue weighted by Gasteiger charge is 2.64. The molecule has 2 aromatic rings. The predicted molar refractivity (Wildman–Crippen MR) is 120 cm³/mol. The summed E-state index contributed by atoms with van der Waals surface area (Å²) in [5, 5.41) is 0.292. The smallest absolute Gasteiger partial charge is 0.236 e. The van der Waals surface area contributed by atoms with Gasteiger partial charge in [0.2, 0.25) is 11.8 Å². The number of imide groups is 1. The van der Waals surface area contributed by atoms with Gasteiger partial charge in [0, 0.05) is 22.9 Å². The number of hydrogen-bond donors (Lipinski definition) is 0. The summed E-state index contributed by atoms with van der Waals surface area (Å²) in [6.45, 7) is 3.76. The Morgan fingerprint density at radius 3 is 2.56 bits per heavy atom. The van der Waals surface area contributed by atoms with Crippen molar-refractivity contribution in [2.75, 3.05) is 4.90 Å². The minimum atomic E-state index is -0.912. The van der Waals surface area contributed by atoms with Crippen molar-refractivity contribution in [3.63, 3.8) is 0 Å². The van der Waals surface area contributed by atoms with Gasteiger partial charge in [-0.25, -0.2) is 4.39 Å². The Hall–Kier alpha value is -2.99. The van der Waals surface area contributed by atoms with E-state index in [1.54, 1.807) is 36.4 Å². The number of rotatable bonds is 4. The molecule has 3 aliphatic rings. The third-order valence-corrected chi connectivity index (χ3v) is 7.27. The average molecular weight is 453 g/mol. The zero-order valence-electron chi connectivity index (χ0n) is 17.7. The molecule has 0 aromatic heterocycles. The van der Waals surface area contributed by atoms with Gasteiger partial charge in [-0.1, -0.05) is 42.8 Å². The van der Waals surface area contributed by atoms with E-state index in [0.717, 1.165) is 0 Å². The second-order valence-corrected chi connectivity index (χ2v) is 9.01. The minimum absolute atomic E-state index is 0.251. The molecule has 0 saturated carbocycles. The number of likely N-dealkylation sites (tertiary alicyclic amines) is 1. The first-order chi connectivity index (χ1) is 15.3. The molecule has 2 fully saturated rings. The normalized spacial score (nSPS) is 26.8. The fourth-order valence-corrected chi connectivity index (χ4v) is 5.53. The summed E-state index contributed by atoms with van der Waals surface area (Å²) in [6, 6.07) is 9.40. The van der Waals surface area contributed by atoms with Crippen LogP contribution in [-0.2, 0) is 9.59 Å². The Labute approximate surface area is 190 Å². The lowest BCUT2D eigenvalue weighted by Gasteiger charge is -2.37. The summed E-state index contributed by atoms with van der Waals surface area (Å²) < 4.78 is 13.9. The lowest BCUT2D eigenvalue weighted by atomic mass is 9.86. The maximum atomic E-state index is 13.9. The maximum Gasteiger partial charge on any atom is 0.236 e. The van der Waals surface area contributed by atoms with Crippen LogP contribution in [0, 0.1) is 17.7 Å². The van der Waals surface area contributed by atoms with Gasteiger partial charge in [-0.15, -0.1) is 0 Å². The SMILES string of the molecule is CC[C@H](C)N1C(=O)[C@@H]2[C@@H](C1=O)[C@H](C(=O)c1ccccc1Cl)N1c3ccc(F)cc3C=C[C@H]21. The molecule has 3 aliphatic heterocycles. The number of amides is 2. The topological polar surface area (TPSA) is 57.7 Å². The molecule has 0 aliphatic carbocycles. The van der Waals surface area contributed by atoms with Crippen molar-refractivity contribution < 1.29 is 18.8 Å². The van der Waals surface area contributed by atoms with Crippen LogP contribution in [0.3, 0.4) is 0 Å². The number of hydrogen-bond acceptors (Lipinski definition) is 4. The highest BCUT2D eigenvalue weighted by molar-refractivity contribution is 6.34. The minimum Gasteiger partial charge on any atom is -0.352 e. The standard InChI is InChI=1S/C25H22ClFN2O3/c1-3-13(2)28-24(31)20-19-10-8-14-12-15(27)9-11-18(14)29(19)22(21(20)25(28)32)23(30)16-6-4-5-7-17(16)26/h4-13,19-22H,3H2,1-2H3/t13-,19+,20-,21+,22+/m0/s1. The zero-order valence-corrected chi connectivity index (χ0v) is 18.4. The molecule has 5 rings (SSSR count). The summed E-state index contributed by atoms with van der Waals surface area (Å²) in [6.07, 6.45) is 4.21. The molecular weight excluding hydrogens is 431 g/mol. The van der Waals surface area contributed by atoms with Crippen LogP contribution in [0.1, 0.15) is 36.2 Å². The molecule has 2 aromatic carbocycles. The molecule has 0 spiro atoms. The fraction of sp³-hybridized carbons (Fsp3) is 0.320. The van der Waals surface area contributed by atoms with E-state index in [9.17, 15) is 18.8 Å². The first-order valence-corrected chi connectivity index (χ1v) is 11.1. The van der Waals surface area contributed by atoms with Crippen molar-refractivity contribution >= 4 is 41.0 Å². The van der Waals surface area contributed by atoms with Gasteiger partial charge in [-0.05, 0) is 43.7 Å². The van der Waals surface area contributed by atoms with Gasteiger partial charge < -0.3 is 4.90 Å². The quantitative estimate of drug-likeness (QED) is 0.511. The third-order valence-electron chi connectivity index (χ3n) is 6.94. The molecule has 0 unspecified atom stereocenters. The fourth-order valence-electron chi connectivity index (χ4n) is 5.30. The van der Waals surface area contributed by atoms with E-state index in [1.807, 2.05) is 24.8 Å². The van der Waals surface area contributed by atoms with Crippen LogP contribution in [0.4, 0.5) is 10.1 Å². The van der Waals surface area contributed by atoms with Crippen molar-refractivity contribution in [2.45, 2.75) is 38.4 Å². The van der Waals surface area contributed by atoms with Gasteiger partial charge in [0.25, 0.3) is 0 Å². The van der Waals surface area contributed by atoms with Gasteiger partial charge in [0.05, 0.1) is 22.9 Å². The number of anilines is 1. The molecular formula is C25H22ClFN2O3. The highest BCUT2D eigenvalue weighted by Crippen LogP contribution is 2.49. The molecule has 5 atom stereocenters. The Morgan fingerprint density at radius 2 is 1.84 bits per heavy atom. The summed E-state index contributed by atoms with van der Waals surface area (Å²) in [5.41, 5.74) is 1.55. The number of Topliss-reactive ketones (excluding diaryl/α,β-unsaturated/α-hetero) is 1. The van der Waals surface area contributed by atoms with Crippen LogP contribution in [0.5, 0.6) is 0 Å². The Kier molecular flexibility index (Phi) is 4.93. The van der Waals surface area contributed by atoms with Crippen LogP contribution in [0.15, 0.2) is 48.5 Å². The van der Waals surface area contributed by atoms with E-state index in [0.29, 0.717) is 28.3 Å². The largest absolute Gasteiger partial charge is 0.352 e. The second kappa shape index (κ2) is 7.55. The summed E-state index contributed by atoms with van der Waals surface area (Å²) in [7, 11) is 0. The predicted octanol–water partition coefficient (Wildman–Crippen LogP) is 4.35. The Balaban J connectivity index is 1.68. The van der Waals surface area contributed by atoms with Crippen LogP contribution in [0.2, 0.25) is 5.02 Å². The Morgan fingerprint density at radius 1 is 1.12 bits per heavy atom. The van der Waals surface area contributed by atoms with Gasteiger partial charge in [-0.2, -0.15) is 0 Å². The van der Waals surface area contributed by atoms with E-state index < -0.39 is 29.7 Å². The summed E-state index contributed by atoms with van der Waals surface area (Å²) >= 11 is 6.34. The number of carbonyl (C=O) groups excluding carboxylic acids is 3. The van der Waals surface area contributed by atoms with Crippen LogP contribution in [-0.4, -0.2) is 40.6 Å². The molecule has 2 amide bonds.